The second kappa shape index (κ2) is 8.47. The third-order valence-electron chi connectivity index (χ3n) is 5.48. The Morgan fingerprint density at radius 2 is 1.74 bits per heavy atom. The Kier molecular flexibility index (Phi) is 6.95. The standard InChI is InChI=1S/C18H27F6NO2/c1-3-4-11(2)14-9-13(14)10-25(8-7-12-5-6-12)16(26)27-15(17(19,20)21)18(22,23)24/h11-15H,3-10H2,1-2H3. The number of hydrogen-bond donors (Lipinski definition) is 0. The van der Waals surface area contributed by atoms with Crippen molar-refractivity contribution in [2.24, 2.45) is 23.7 Å². The molecule has 2 aliphatic rings. The van der Waals surface area contributed by atoms with E-state index in [0.717, 1.165) is 37.0 Å². The van der Waals surface area contributed by atoms with Gasteiger partial charge in [-0.25, -0.2) is 4.79 Å². The number of carbonyl (C=O) groups excluding carboxylic acids is 1. The van der Waals surface area contributed by atoms with Crippen LogP contribution in [0, 0.1) is 23.7 Å². The normalized spacial score (nSPS) is 24.0. The first kappa shape index (κ1) is 22.1. The molecule has 1 amide bonds. The maximum Gasteiger partial charge on any atom is 0.434 e. The second-order valence-corrected chi connectivity index (χ2v) is 7.95. The van der Waals surface area contributed by atoms with Gasteiger partial charge in [-0.15, -0.1) is 0 Å². The van der Waals surface area contributed by atoms with Crippen LogP contribution in [0.4, 0.5) is 31.1 Å². The molecule has 0 spiro atoms. The van der Waals surface area contributed by atoms with Crippen molar-refractivity contribution in [3.05, 3.63) is 0 Å². The van der Waals surface area contributed by atoms with E-state index in [2.05, 4.69) is 18.6 Å². The van der Waals surface area contributed by atoms with Crippen molar-refractivity contribution in [1.82, 2.24) is 4.90 Å². The molecular weight excluding hydrogens is 376 g/mol. The highest BCUT2D eigenvalue weighted by Crippen LogP contribution is 2.46. The van der Waals surface area contributed by atoms with Gasteiger partial charge in [-0.3, -0.25) is 0 Å². The van der Waals surface area contributed by atoms with Gasteiger partial charge in [0.1, 0.15) is 0 Å². The van der Waals surface area contributed by atoms with Crippen molar-refractivity contribution in [3.63, 3.8) is 0 Å². The highest BCUT2D eigenvalue weighted by Gasteiger charge is 2.60. The van der Waals surface area contributed by atoms with Crippen molar-refractivity contribution in [2.75, 3.05) is 13.1 Å². The number of rotatable bonds is 9. The molecule has 0 aromatic heterocycles. The molecule has 2 aliphatic carbocycles. The first-order valence-corrected chi connectivity index (χ1v) is 9.52. The van der Waals surface area contributed by atoms with Crippen molar-refractivity contribution in [2.45, 2.75) is 70.8 Å². The molecule has 3 atom stereocenters. The first-order chi connectivity index (χ1) is 12.4. The average molecular weight is 403 g/mol. The van der Waals surface area contributed by atoms with Gasteiger partial charge >= 0.3 is 18.4 Å². The molecule has 3 nitrogen and oxygen atoms in total. The summed E-state index contributed by atoms with van der Waals surface area (Å²) in [5.41, 5.74) is 0. The van der Waals surface area contributed by atoms with Crippen LogP contribution in [0.15, 0.2) is 0 Å². The lowest BCUT2D eigenvalue weighted by Gasteiger charge is -2.28. The predicted molar refractivity (Wildman–Crippen MR) is 87.0 cm³/mol. The lowest BCUT2D eigenvalue weighted by atomic mass is 9.99. The molecular formula is C18H27F6NO2. The van der Waals surface area contributed by atoms with Crippen LogP contribution in [0.1, 0.15) is 52.4 Å². The van der Waals surface area contributed by atoms with E-state index in [-0.39, 0.29) is 19.0 Å². The molecule has 0 N–H and O–H groups in total. The second-order valence-electron chi connectivity index (χ2n) is 7.95. The topological polar surface area (TPSA) is 29.5 Å². The Labute approximate surface area is 155 Å². The fourth-order valence-electron chi connectivity index (χ4n) is 3.63. The smallest absolute Gasteiger partial charge is 0.426 e. The van der Waals surface area contributed by atoms with Gasteiger partial charge in [-0.2, -0.15) is 26.3 Å². The third-order valence-corrected chi connectivity index (χ3v) is 5.48. The summed E-state index contributed by atoms with van der Waals surface area (Å²) >= 11 is 0. The SMILES string of the molecule is CCCC(C)C1CC1CN(CCC1CC1)C(=O)OC(C(F)(F)F)C(F)(F)F. The Morgan fingerprint density at radius 1 is 1.15 bits per heavy atom. The van der Waals surface area contributed by atoms with E-state index in [1.165, 1.54) is 0 Å². The summed E-state index contributed by atoms with van der Waals surface area (Å²) in [6.07, 6.45) is -11.6. The van der Waals surface area contributed by atoms with Gasteiger partial charge in [0.15, 0.2) is 0 Å². The van der Waals surface area contributed by atoms with Crippen LogP contribution in [-0.4, -0.2) is 42.5 Å². The van der Waals surface area contributed by atoms with Gasteiger partial charge in [-0.1, -0.05) is 39.5 Å². The lowest BCUT2D eigenvalue weighted by molar-refractivity contribution is -0.308. The zero-order chi connectivity index (χ0) is 20.4. The number of hydrogen-bond acceptors (Lipinski definition) is 2. The van der Waals surface area contributed by atoms with Gasteiger partial charge in [-0.05, 0) is 36.5 Å². The summed E-state index contributed by atoms with van der Waals surface area (Å²) in [6, 6.07) is 0. The molecule has 3 unspecified atom stereocenters. The van der Waals surface area contributed by atoms with E-state index in [9.17, 15) is 31.1 Å². The third kappa shape index (κ3) is 6.75. The van der Waals surface area contributed by atoms with E-state index in [1.807, 2.05) is 0 Å². The van der Waals surface area contributed by atoms with Crippen molar-refractivity contribution >= 4 is 6.09 Å². The molecule has 0 radical (unpaired) electrons. The van der Waals surface area contributed by atoms with E-state index < -0.39 is 24.5 Å². The Balaban J connectivity index is 1.98. The zero-order valence-corrected chi connectivity index (χ0v) is 15.6. The van der Waals surface area contributed by atoms with E-state index in [4.69, 9.17) is 0 Å². The molecule has 158 valence electrons. The van der Waals surface area contributed by atoms with Crippen molar-refractivity contribution < 1.29 is 35.9 Å². The van der Waals surface area contributed by atoms with Crippen LogP contribution >= 0.6 is 0 Å². The van der Waals surface area contributed by atoms with E-state index >= 15 is 0 Å². The van der Waals surface area contributed by atoms with Gasteiger partial charge in [0, 0.05) is 13.1 Å². The maximum absolute atomic E-state index is 12.7. The van der Waals surface area contributed by atoms with Crippen LogP contribution in [0.25, 0.3) is 0 Å². The molecule has 2 saturated carbocycles. The molecule has 2 rings (SSSR count). The molecule has 0 bridgehead atoms. The summed E-state index contributed by atoms with van der Waals surface area (Å²) in [7, 11) is 0. The van der Waals surface area contributed by atoms with Crippen LogP contribution in [-0.2, 0) is 4.74 Å². The number of nitrogens with zero attached hydrogens (tertiary/aromatic N) is 1. The van der Waals surface area contributed by atoms with Crippen LogP contribution in [0.3, 0.4) is 0 Å². The minimum Gasteiger partial charge on any atom is -0.426 e. The van der Waals surface area contributed by atoms with Gasteiger partial charge < -0.3 is 9.64 Å². The summed E-state index contributed by atoms with van der Waals surface area (Å²) < 4.78 is 80.0. The quantitative estimate of drug-likeness (QED) is 0.456. The minimum absolute atomic E-state index is 0.119. The first-order valence-electron chi connectivity index (χ1n) is 9.52. The number of carbonyl (C=O) groups is 1. The number of ether oxygens (including phenoxy) is 1. The molecule has 9 heteroatoms. The summed E-state index contributed by atoms with van der Waals surface area (Å²) in [4.78, 5) is 13.2. The van der Waals surface area contributed by atoms with Crippen LogP contribution in [0.5, 0.6) is 0 Å². The molecule has 0 aromatic carbocycles. The average Bonchev–Trinajstić information content (AvgIpc) is 3.41. The van der Waals surface area contributed by atoms with Crippen LogP contribution in [0.2, 0.25) is 0 Å². The fraction of sp³-hybridized carbons (Fsp3) is 0.944. The molecule has 0 aliphatic heterocycles. The summed E-state index contributed by atoms with van der Waals surface area (Å²) in [5, 5.41) is 0. The van der Waals surface area contributed by atoms with E-state index in [1.54, 1.807) is 0 Å². The van der Waals surface area contributed by atoms with Gasteiger partial charge in [0.25, 0.3) is 6.10 Å². The summed E-state index contributed by atoms with van der Waals surface area (Å²) in [6.45, 7) is 4.44. The Bertz CT molecular complexity index is 489. The monoisotopic (exact) mass is 403 g/mol. The van der Waals surface area contributed by atoms with Crippen molar-refractivity contribution in [3.8, 4) is 0 Å². The number of alkyl halides is 6. The molecule has 0 saturated heterocycles. The van der Waals surface area contributed by atoms with Crippen molar-refractivity contribution in [1.29, 1.82) is 0 Å². The fourth-order valence-corrected chi connectivity index (χ4v) is 3.63. The van der Waals surface area contributed by atoms with Gasteiger partial charge in [0.2, 0.25) is 0 Å². The van der Waals surface area contributed by atoms with E-state index in [0.29, 0.717) is 24.2 Å². The number of halogens is 6. The highest BCUT2D eigenvalue weighted by atomic mass is 19.4. The Hall–Kier alpha value is -1.15. The number of amides is 1. The molecule has 0 aromatic rings. The summed E-state index contributed by atoms with van der Waals surface area (Å²) in [5.74, 6) is 1.31. The maximum atomic E-state index is 12.7. The minimum atomic E-state index is -5.69. The highest BCUT2D eigenvalue weighted by molar-refractivity contribution is 5.68. The molecule has 27 heavy (non-hydrogen) atoms. The zero-order valence-electron chi connectivity index (χ0n) is 15.6. The largest absolute Gasteiger partial charge is 0.434 e. The van der Waals surface area contributed by atoms with Crippen LogP contribution < -0.4 is 0 Å². The molecule has 2 fully saturated rings. The van der Waals surface area contributed by atoms with Gasteiger partial charge in [0.05, 0.1) is 0 Å². The lowest BCUT2D eigenvalue weighted by Crippen LogP contribution is -2.48. The molecule has 0 heterocycles. The predicted octanol–water partition coefficient (Wildman–Crippen LogP) is 5.79. The Morgan fingerprint density at radius 3 is 2.22 bits per heavy atom.